The van der Waals surface area contributed by atoms with E-state index in [1.807, 2.05) is 13.8 Å². The summed E-state index contributed by atoms with van der Waals surface area (Å²) in [6.45, 7) is 8.17. The fraction of sp³-hybridized carbons (Fsp3) is 0.929. The standard InChI is InChI=1S/C14H26O3S2/c1-5-12-8-11(3)17-14(4,19-12)9-13(15)16-10(2)6-7-18/h10-12,18H,5-9H2,1-4H3. The zero-order valence-corrected chi connectivity index (χ0v) is 14.1. The highest BCUT2D eigenvalue weighted by Crippen LogP contribution is 2.42. The second-order valence-corrected chi connectivity index (χ2v) is 7.65. The van der Waals surface area contributed by atoms with Crippen LogP contribution in [0.15, 0.2) is 0 Å². The molecule has 1 aliphatic rings. The molecule has 0 aromatic rings. The van der Waals surface area contributed by atoms with Gasteiger partial charge in [0.15, 0.2) is 0 Å². The fourth-order valence-corrected chi connectivity index (χ4v) is 4.40. The summed E-state index contributed by atoms with van der Waals surface area (Å²) in [6.07, 6.45) is 3.41. The van der Waals surface area contributed by atoms with E-state index in [4.69, 9.17) is 9.47 Å². The fourth-order valence-electron chi connectivity index (χ4n) is 2.37. The molecule has 0 radical (unpaired) electrons. The third kappa shape index (κ3) is 5.96. The molecule has 1 aliphatic heterocycles. The van der Waals surface area contributed by atoms with Crippen molar-refractivity contribution in [3.63, 3.8) is 0 Å². The first-order valence-electron chi connectivity index (χ1n) is 7.04. The molecule has 4 unspecified atom stereocenters. The van der Waals surface area contributed by atoms with Gasteiger partial charge in [0.25, 0.3) is 0 Å². The second-order valence-electron chi connectivity index (χ2n) is 5.44. The van der Waals surface area contributed by atoms with Gasteiger partial charge in [-0.05, 0) is 45.8 Å². The number of hydrogen-bond donors (Lipinski definition) is 1. The number of hydrogen-bond acceptors (Lipinski definition) is 5. The van der Waals surface area contributed by atoms with Gasteiger partial charge < -0.3 is 9.47 Å². The molecule has 112 valence electrons. The van der Waals surface area contributed by atoms with Crippen LogP contribution in [0.25, 0.3) is 0 Å². The summed E-state index contributed by atoms with van der Waals surface area (Å²) in [4.78, 5) is 11.5. The molecule has 1 heterocycles. The quantitative estimate of drug-likeness (QED) is 0.600. The maximum Gasteiger partial charge on any atom is 0.309 e. The van der Waals surface area contributed by atoms with Crippen LogP contribution >= 0.6 is 24.4 Å². The smallest absolute Gasteiger partial charge is 0.309 e. The molecule has 5 heteroatoms. The van der Waals surface area contributed by atoms with Crippen molar-refractivity contribution >= 4 is 30.4 Å². The van der Waals surface area contributed by atoms with Crippen LogP contribution < -0.4 is 0 Å². The Balaban J connectivity index is 2.51. The molecule has 0 N–H and O–H groups in total. The van der Waals surface area contributed by atoms with Gasteiger partial charge in [-0.25, -0.2) is 0 Å². The first-order chi connectivity index (χ1) is 8.88. The molecule has 3 nitrogen and oxygen atoms in total. The van der Waals surface area contributed by atoms with E-state index >= 15 is 0 Å². The van der Waals surface area contributed by atoms with Crippen molar-refractivity contribution in [3.05, 3.63) is 0 Å². The van der Waals surface area contributed by atoms with Crippen molar-refractivity contribution in [2.75, 3.05) is 5.75 Å². The van der Waals surface area contributed by atoms with E-state index in [0.29, 0.717) is 11.7 Å². The minimum Gasteiger partial charge on any atom is -0.463 e. The molecule has 0 saturated carbocycles. The van der Waals surface area contributed by atoms with Crippen LogP contribution in [0.4, 0.5) is 0 Å². The van der Waals surface area contributed by atoms with Gasteiger partial charge in [0.1, 0.15) is 4.93 Å². The lowest BCUT2D eigenvalue weighted by atomic mass is 10.1. The lowest BCUT2D eigenvalue weighted by Crippen LogP contribution is -2.40. The summed E-state index contributed by atoms with van der Waals surface area (Å²) < 4.78 is 11.3. The normalized spacial score (nSPS) is 32.9. The van der Waals surface area contributed by atoms with Crippen molar-refractivity contribution in [2.24, 2.45) is 0 Å². The summed E-state index contributed by atoms with van der Waals surface area (Å²) >= 11 is 5.91. The van der Waals surface area contributed by atoms with Crippen molar-refractivity contribution in [1.29, 1.82) is 0 Å². The molecule has 1 fully saturated rings. The third-order valence-electron chi connectivity index (χ3n) is 3.25. The lowest BCUT2D eigenvalue weighted by molar-refractivity contribution is -0.153. The van der Waals surface area contributed by atoms with Crippen LogP contribution in [0, 0.1) is 0 Å². The van der Waals surface area contributed by atoms with Crippen LogP contribution in [0.1, 0.15) is 53.4 Å². The van der Waals surface area contributed by atoms with E-state index in [0.717, 1.165) is 25.0 Å². The van der Waals surface area contributed by atoms with Gasteiger partial charge >= 0.3 is 5.97 Å². The Hall–Kier alpha value is 0.130. The molecular weight excluding hydrogens is 280 g/mol. The Morgan fingerprint density at radius 2 is 2.32 bits per heavy atom. The number of thiol groups is 1. The Morgan fingerprint density at radius 3 is 2.89 bits per heavy atom. The minimum atomic E-state index is -0.448. The summed E-state index contributed by atoms with van der Waals surface area (Å²) in [6, 6.07) is 0. The van der Waals surface area contributed by atoms with Gasteiger partial charge in [-0.1, -0.05) is 6.92 Å². The van der Waals surface area contributed by atoms with E-state index in [2.05, 4.69) is 26.5 Å². The largest absolute Gasteiger partial charge is 0.463 e. The molecule has 0 spiro atoms. The number of carbonyl (C=O) groups excluding carboxylic acids is 1. The van der Waals surface area contributed by atoms with Gasteiger partial charge in [0.2, 0.25) is 0 Å². The molecule has 1 rings (SSSR count). The number of esters is 1. The Kier molecular flexibility index (Phi) is 7.05. The first kappa shape index (κ1) is 17.2. The molecular formula is C14H26O3S2. The van der Waals surface area contributed by atoms with Crippen LogP contribution in [-0.4, -0.2) is 34.1 Å². The van der Waals surface area contributed by atoms with Gasteiger partial charge in [0, 0.05) is 5.25 Å². The van der Waals surface area contributed by atoms with Gasteiger partial charge in [-0.2, -0.15) is 12.6 Å². The molecule has 4 atom stereocenters. The highest BCUT2D eigenvalue weighted by Gasteiger charge is 2.39. The van der Waals surface area contributed by atoms with E-state index < -0.39 is 4.93 Å². The maximum atomic E-state index is 12.0. The zero-order chi connectivity index (χ0) is 14.5. The van der Waals surface area contributed by atoms with Crippen LogP contribution in [0.2, 0.25) is 0 Å². The summed E-state index contributed by atoms with van der Waals surface area (Å²) in [5.74, 6) is 0.555. The molecule has 0 bridgehead atoms. The Morgan fingerprint density at radius 1 is 1.63 bits per heavy atom. The molecule has 0 aromatic carbocycles. The third-order valence-corrected chi connectivity index (χ3v) is 5.11. The van der Waals surface area contributed by atoms with E-state index in [-0.39, 0.29) is 18.2 Å². The Labute approximate surface area is 126 Å². The number of thioether (sulfide) groups is 1. The Bertz CT molecular complexity index is 298. The van der Waals surface area contributed by atoms with Crippen molar-refractivity contribution in [1.82, 2.24) is 0 Å². The molecule has 1 saturated heterocycles. The monoisotopic (exact) mass is 306 g/mol. The highest BCUT2D eigenvalue weighted by molar-refractivity contribution is 8.01. The predicted molar refractivity (Wildman–Crippen MR) is 83.9 cm³/mol. The first-order valence-corrected chi connectivity index (χ1v) is 8.55. The van der Waals surface area contributed by atoms with Gasteiger partial charge in [0.05, 0.1) is 18.6 Å². The number of carbonyl (C=O) groups is 1. The average molecular weight is 306 g/mol. The lowest BCUT2D eigenvalue weighted by Gasteiger charge is -2.40. The summed E-state index contributed by atoms with van der Waals surface area (Å²) in [5.41, 5.74) is 0. The topological polar surface area (TPSA) is 35.5 Å². The molecule has 0 amide bonds. The van der Waals surface area contributed by atoms with E-state index in [9.17, 15) is 4.79 Å². The number of rotatable bonds is 6. The minimum absolute atomic E-state index is 0.0680. The van der Waals surface area contributed by atoms with Crippen LogP contribution in [0.5, 0.6) is 0 Å². The molecule has 0 aliphatic carbocycles. The zero-order valence-electron chi connectivity index (χ0n) is 12.3. The maximum absolute atomic E-state index is 12.0. The van der Waals surface area contributed by atoms with Gasteiger partial charge in [-0.3, -0.25) is 4.79 Å². The van der Waals surface area contributed by atoms with Crippen molar-refractivity contribution in [3.8, 4) is 0 Å². The SMILES string of the molecule is CCC1CC(C)OC(C)(CC(=O)OC(C)CCS)S1. The van der Waals surface area contributed by atoms with Crippen LogP contribution in [-0.2, 0) is 14.3 Å². The molecule has 19 heavy (non-hydrogen) atoms. The van der Waals surface area contributed by atoms with E-state index in [1.54, 1.807) is 11.8 Å². The summed E-state index contributed by atoms with van der Waals surface area (Å²) in [7, 11) is 0. The summed E-state index contributed by atoms with van der Waals surface area (Å²) in [5, 5.41) is 0.566. The highest BCUT2D eigenvalue weighted by atomic mass is 32.2. The number of ether oxygens (including phenoxy) is 2. The average Bonchev–Trinajstić information content (AvgIpc) is 2.26. The van der Waals surface area contributed by atoms with Crippen LogP contribution in [0.3, 0.4) is 0 Å². The van der Waals surface area contributed by atoms with Crippen molar-refractivity contribution < 1.29 is 14.3 Å². The van der Waals surface area contributed by atoms with Gasteiger partial charge in [-0.15, -0.1) is 11.8 Å². The van der Waals surface area contributed by atoms with E-state index in [1.165, 1.54) is 0 Å². The molecule has 0 aromatic heterocycles. The predicted octanol–water partition coefficient (Wildman–Crippen LogP) is 3.66. The second kappa shape index (κ2) is 7.79. The van der Waals surface area contributed by atoms with Crippen molar-refractivity contribution in [2.45, 2.75) is 75.8 Å².